The molecule has 3 nitrogen and oxygen atoms in total. The minimum atomic E-state index is 0.492. The summed E-state index contributed by atoms with van der Waals surface area (Å²) in [4.78, 5) is 4.30. The van der Waals surface area contributed by atoms with Crippen LogP contribution in [0.1, 0.15) is 13.3 Å². The molecular weight excluding hydrogens is 206 g/mol. The minimum absolute atomic E-state index is 0.492. The molecule has 0 saturated carbocycles. The molecule has 15 heavy (non-hydrogen) atoms. The molecule has 0 fully saturated rings. The van der Waals surface area contributed by atoms with Crippen molar-refractivity contribution in [2.45, 2.75) is 25.9 Å². The van der Waals surface area contributed by atoms with Gasteiger partial charge in [0.15, 0.2) is 0 Å². The maximum Gasteiger partial charge on any atom is 0.203 e. The molecule has 0 aliphatic rings. The van der Waals surface area contributed by atoms with Crippen molar-refractivity contribution >= 4 is 17.7 Å². The summed E-state index contributed by atoms with van der Waals surface area (Å²) in [6.07, 6.45) is 8.90. The van der Waals surface area contributed by atoms with Gasteiger partial charge in [-0.25, -0.2) is 4.98 Å². The Kier molecular flexibility index (Phi) is 5.32. The second-order valence-corrected chi connectivity index (χ2v) is 4.31. The number of hydrogen-bond acceptors (Lipinski definition) is 3. The van der Waals surface area contributed by atoms with E-state index >= 15 is 0 Å². The van der Waals surface area contributed by atoms with Crippen LogP contribution >= 0.6 is 11.8 Å². The molecule has 0 aliphatic carbocycles. The number of nitrogens with one attached hydrogen (secondary N) is 1. The van der Waals surface area contributed by atoms with Gasteiger partial charge in [0.1, 0.15) is 0 Å². The van der Waals surface area contributed by atoms with Gasteiger partial charge in [0.25, 0.3) is 0 Å². The van der Waals surface area contributed by atoms with E-state index in [1.54, 1.807) is 0 Å². The van der Waals surface area contributed by atoms with Crippen LogP contribution in [0, 0.1) is 0 Å². The van der Waals surface area contributed by atoms with Crippen LogP contribution < -0.4 is 5.32 Å². The van der Waals surface area contributed by atoms with E-state index in [1.165, 1.54) is 0 Å². The normalized spacial score (nSPS) is 12.4. The number of allylic oxidation sites excluding steroid dienone is 1. The third-order valence-corrected chi connectivity index (χ3v) is 2.97. The quantitative estimate of drug-likeness (QED) is 0.723. The third kappa shape index (κ3) is 3.63. The molecule has 1 atom stereocenters. The first-order chi connectivity index (χ1) is 7.31. The van der Waals surface area contributed by atoms with Gasteiger partial charge in [0, 0.05) is 30.7 Å². The fourth-order valence-corrected chi connectivity index (χ4v) is 2.10. The molecule has 0 bridgehead atoms. The topological polar surface area (TPSA) is 29.9 Å². The van der Waals surface area contributed by atoms with Crippen molar-refractivity contribution < 1.29 is 0 Å². The SMILES string of the molecule is C=CCn1ccnc1NC(CC)CSC. The summed E-state index contributed by atoms with van der Waals surface area (Å²) in [5.74, 6) is 2.05. The lowest BCUT2D eigenvalue weighted by molar-refractivity contribution is 0.736. The Balaban J connectivity index is 2.60. The van der Waals surface area contributed by atoms with Gasteiger partial charge in [-0.2, -0.15) is 11.8 Å². The minimum Gasteiger partial charge on any atom is -0.352 e. The van der Waals surface area contributed by atoms with E-state index in [4.69, 9.17) is 0 Å². The number of anilines is 1. The summed E-state index contributed by atoms with van der Waals surface area (Å²) < 4.78 is 2.07. The molecule has 1 unspecified atom stereocenters. The highest BCUT2D eigenvalue weighted by molar-refractivity contribution is 7.98. The zero-order chi connectivity index (χ0) is 11.1. The fraction of sp³-hybridized carbons (Fsp3) is 0.545. The molecule has 84 valence electrons. The van der Waals surface area contributed by atoms with Gasteiger partial charge in [0.2, 0.25) is 5.95 Å². The highest BCUT2D eigenvalue weighted by Crippen LogP contribution is 2.10. The average molecular weight is 225 g/mol. The van der Waals surface area contributed by atoms with Gasteiger partial charge in [0.05, 0.1) is 0 Å². The monoisotopic (exact) mass is 225 g/mol. The van der Waals surface area contributed by atoms with E-state index in [1.807, 2.05) is 30.2 Å². The molecule has 0 amide bonds. The molecule has 1 aromatic heterocycles. The predicted molar refractivity (Wildman–Crippen MR) is 68.5 cm³/mol. The number of thioether (sulfide) groups is 1. The number of rotatable bonds is 7. The van der Waals surface area contributed by atoms with E-state index < -0.39 is 0 Å². The summed E-state index contributed by atoms with van der Waals surface area (Å²) in [5.41, 5.74) is 0. The van der Waals surface area contributed by atoms with Crippen LogP contribution in [0.2, 0.25) is 0 Å². The van der Waals surface area contributed by atoms with Crippen LogP contribution in [-0.2, 0) is 6.54 Å². The largest absolute Gasteiger partial charge is 0.352 e. The van der Waals surface area contributed by atoms with Crippen LogP contribution in [-0.4, -0.2) is 27.6 Å². The third-order valence-electron chi connectivity index (χ3n) is 2.24. The van der Waals surface area contributed by atoms with Crippen molar-refractivity contribution in [1.29, 1.82) is 0 Å². The van der Waals surface area contributed by atoms with Crippen molar-refractivity contribution in [2.24, 2.45) is 0 Å². The zero-order valence-corrected chi connectivity index (χ0v) is 10.3. The standard InChI is InChI=1S/C11H19N3S/c1-4-7-14-8-6-12-11(14)13-10(5-2)9-15-3/h4,6,8,10H,1,5,7,9H2,2-3H3,(H,12,13). The highest BCUT2D eigenvalue weighted by Gasteiger charge is 2.08. The lowest BCUT2D eigenvalue weighted by Crippen LogP contribution is -2.23. The van der Waals surface area contributed by atoms with Gasteiger partial charge < -0.3 is 9.88 Å². The predicted octanol–water partition coefficient (Wildman–Crippen LogP) is 2.62. The molecule has 4 heteroatoms. The molecular formula is C11H19N3S. The molecule has 1 N–H and O–H groups in total. The molecule has 1 heterocycles. The second kappa shape index (κ2) is 6.56. The highest BCUT2D eigenvalue weighted by atomic mass is 32.2. The van der Waals surface area contributed by atoms with Gasteiger partial charge >= 0.3 is 0 Å². The van der Waals surface area contributed by atoms with E-state index in [9.17, 15) is 0 Å². The number of aromatic nitrogens is 2. The summed E-state index contributed by atoms with van der Waals surface area (Å²) in [6, 6.07) is 0.492. The van der Waals surface area contributed by atoms with Crippen molar-refractivity contribution in [3.05, 3.63) is 25.0 Å². The number of nitrogens with zero attached hydrogens (tertiary/aromatic N) is 2. The molecule has 0 aliphatic heterocycles. The summed E-state index contributed by atoms with van der Waals surface area (Å²) in [7, 11) is 0. The van der Waals surface area contributed by atoms with Crippen molar-refractivity contribution in [2.75, 3.05) is 17.3 Å². The summed E-state index contributed by atoms with van der Waals surface area (Å²) in [6.45, 7) is 6.72. The van der Waals surface area contributed by atoms with Gasteiger partial charge in [-0.3, -0.25) is 0 Å². The Morgan fingerprint density at radius 3 is 3.13 bits per heavy atom. The van der Waals surface area contributed by atoms with Crippen molar-refractivity contribution in [1.82, 2.24) is 9.55 Å². The Bertz CT molecular complexity index is 296. The Hall–Kier alpha value is -0.900. The second-order valence-electron chi connectivity index (χ2n) is 3.40. The summed E-state index contributed by atoms with van der Waals surface area (Å²) >= 11 is 1.86. The molecule has 0 radical (unpaired) electrons. The maximum atomic E-state index is 4.30. The lowest BCUT2D eigenvalue weighted by Gasteiger charge is -2.17. The Morgan fingerprint density at radius 1 is 1.73 bits per heavy atom. The fourth-order valence-electron chi connectivity index (χ4n) is 1.38. The van der Waals surface area contributed by atoms with E-state index in [2.05, 4.69) is 34.6 Å². The van der Waals surface area contributed by atoms with Gasteiger partial charge in [-0.05, 0) is 12.7 Å². The number of imidazole rings is 1. The smallest absolute Gasteiger partial charge is 0.203 e. The first kappa shape index (κ1) is 12.2. The van der Waals surface area contributed by atoms with E-state index in [0.29, 0.717) is 6.04 Å². The van der Waals surface area contributed by atoms with E-state index in [-0.39, 0.29) is 0 Å². The maximum absolute atomic E-state index is 4.30. The average Bonchev–Trinajstić information content (AvgIpc) is 2.66. The lowest BCUT2D eigenvalue weighted by atomic mass is 10.3. The van der Waals surface area contributed by atoms with Crippen molar-refractivity contribution in [3.63, 3.8) is 0 Å². The van der Waals surface area contributed by atoms with Crippen LogP contribution in [0.5, 0.6) is 0 Å². The molecule has 0 saturated heterocycles. The Morgan fingerprint density at radius 2 is 2.53 bits per heavy atom. The van der Waals surface area contributed by atoms with Crippen LogP contribution in [0.15, 0.2) is 25.0 Å². The molecule has 0 spiro atoms. The van der Waals surface area contributed by atoms with Crippen molar-refractivity contribution in [3.8, 4) is 0 Å². The van der Waals surface area contributed by atoms with Gasteiger partial charge in [-0.15, -0.1) is 6.58 Å². The number of hydrogen-bond donors (Lipinski definition) is 1. The molecule has 1 rings (SSSR count). The van der Waals surface area contributed by atoms with E-state index in [0.717, 1.165) is 24.7 Å². The van der Waals surface area contributed by atoms with Crippen LogP contribution in [0.3, 0.4) is 0 Å². The zero-order valence-electron chi connectivity index (χ0n) is 9.44. The van der Waals surface area contributed by atoms with Crippen LogP contribution in [0.25, 0.3) is 0 Å². The van der Waals surface area contributed by atoms with Crippen LogP contribution in [0.4, 0.5) is 5.95 Å². The molecule has 1 aromatic rings. The molecule has 0 aromatic carbocycles. The Labute approximate surface area is 96.0 Å². The first-order valence-electron chi connectivity index (χ1n) is 5.19. The first-order valence-corrected chi connectivity index (χ1v) is 6.58. The summed E-state index contributed by atoms with van der Waals surface area (Å²) in [5, 5.41) is 3.45. The van der Waals surface area contributed by atoms with Gasteiger partial charge in [-0.1, -0.05) is 13.0 Å².